The Hall–Kier alpha value is -1.67. The molecule has 0 saturated carbocycles. The number of carbonyl (C=O) groups is 1. The zero-order valence-electron chi connectivity index (χ0n) is 17.3. The number of morpholine rings is 1. The minimum Gasteiger partial charge on any atom is -0.484 e. The van der Waals surface area contributed by atoms with Crippen molar-refractivity contribution in [2.75, 3.05) is 59.7 Å². The number of hydrogen-bond donors (Lipinski definition) is 1. The highest BCUT2D eigenvalue weighted by molar-refractivity contribution is 5.77. The molecule has 2 rings (SSSR count). The fourth-order valence-electron chi connectivity index (χ4n) is 3.32. The summed E-state index contributed by atoms with van der Waals surface area (Å²) < 4.78 is 16.5. The molecule has 2 unspecified atom stereocenters. The normalized spacial score (nSPS) is 18.8. The van der Waals surface area contributed by atoms with Gasteiger partial charge in [0.1, 0.15) is 5.75 Å². The lowest BCUT2D eigenvalue weighted by Gasteiger charge is -2.36. The van der Waals surface area contributed by atoms with Crippen LogP contribution in [0.5, 0.6) is 5.75 Å². The molecule has 0 aliphatic carbocycles. The van der Waals surface area contributed by atoms with Crippen molar-refractivity contribution in [3.05, 3.63) is 30.3 Å². The van der Waals surface area contributed by atoms with Crippen molar-refractivity contribution in [1.82, 2.24) is 9.80 Å². The fraction of sp³-hybridized carbons (Fsp3) is 0.667. The SMILES string of the molecule is COCC(O)CN1CCOC(CN(CC(C)C)C(=O)COc2ccccc2)C1. The molecule has 0 aromatic heterocycles. The van der Waals surface area contributed by atoms with Crippen molar-refractivity contribution >= 4 is 5.91 Å². The minimum absolute atomic E-state index is 0.0136. The van der Waals surface area contributed by atoms with Crippen LogP contribution in [0.25, 0.3) is 0 Å². The molecule has 1 fully saturated rings. The van der Waals surface area contributed by atoms with Gasteiger partial charge in [0.15, 0.2) is 6.61 Å². The van der Waals surface area contributed by atoms with Crippen molar-refractivity contribution in [2.45, 2.75) is 26.1 Å². The fourth-order valence-corrected chi connectivity index (χ4v) is 3.32. The summed E-state index contributed by atoms with van der Waals surface area (Å²) >= 11 is 0. The van der Waals surface area contributed by atoms with Crippen LogP contribution >= 0.6 is 0 Å². The molecule has 0 radical (unpaired) electrons. The zero-order valence-corrected chi connectivity index (χ0v) is 17.3. The number of amides is 1. The molecule has 0 spiro atoms. The maximum absolute atomic E-state index is 12.7. The van der Waals surface area contributed by atoms with Crippen LogP contribution in [-0.4, -0.2) is 92.7 Å². The Morgan fingerprint density at radius 1 is 1.36 bits per heavy atom. The number of methoxy groups -OCH3 is 1. The lowest BCUT2D eigenvalue weighted by atomic mass is 10.1. The average molecular weight is 395 g/mol. The van der Waals surface area contributed by atoms with Crippen molar-refractivity contribution in [3.63, 3.8) is 0 Å². The lowest BCUT2D eigenvalue weighted by molar-refractivity contribution is -0.137. The van der Waals surface area contributed by atoms with Gasteiger partial charge in [0.05, 0.1) is 25.4 Å². The third-order valence-corrected chi connectivity index (χ3v) is 4.52. The van der Waals surface area contributed by atoms with Crippen LogP contribution in [0.4, 0.5) is 0 Å². The first-order valence-electron chi connectivity index (χ1n) is 9.94. The molecule has 1 aromatic rings. The van der Waals surface area contributed by atoms with Gasteiger partial charge in [-0.3, -0.25) is 9.69 Å². The van der Waals surface area contributed by atoms with Gasteiger partial charge in [-0.15, -0.1) is 0 Å². The van der Waals surface area contributed by atoms with E-state index in [1.54, 1.807) is 7.11 Å². The second-order valence-electron chi connectivity index (χ2n) is 7.66. The predicted molar refractivity (Wildman–Crippen MR) is 107 cm³/mol. The number of benzene rings is 1. The summed E-state index contributed by atoms with van der Waals surface area (Å²) in [5, 5.41) is 9.97. The third kappa shape index (κ3) is 8.14. The highest BCUT2D eigenvalue weighted by Gasteiger charge is 2.26. The molecule has 1 N–H and O–H groups in total. The Balaban J connectivity index is 1.88. The molecule has 28 heavy (non-hydrogen) atoms. The molecule has 7 heteroatoms. The second-order valence-corrected chi connectivity index (χ2v) is 7.66. The van der Waals surface area contributed by atoms with E-state index in [0.29, 0.717) is 51.1 Å². The van der Waals surface area contributed by atoms with Gasteiger partial charge in [-0.2, -0.15) is 0 Å². The summed E-state index contributed by atoms with van der Waals surface area (Å²) in [5.74, 6) is 0.995. The number of ether oxygens (including phenoxy) is 3. The number of carbonyl (C=O) groups excluding carboxylic acids is 1. The van der Waals surface area contributed by atoms with Gasteiger partial charge in [0.25, 0.3) is 5.91 Å². The smallest absolute Gasteiger partial charge is 0.260 e. The second kappa shape index (κ2) is 12.0. The van der Waals surface area contributed by atoms with E-state index in [2.05, 4.69) is 18.7 Å². The van der Waals surface area contributed by atoms with Gasteiger partial charge >= 0.3 is 0 Å². The highest BCUT2D eigenvalue weighted by Crippen LogP contribution is 2.12. The first-order chi connectivity index (χ1) is 13.5. The van der Waals surface area contributed by atoms with E-state index in [4.69, 9.17) is 14.2 Å². The molecule has 158 valence electrons. The van der Waals surface area contributed by atoms with Gasteiger partial charge in [0.2, 0.25) is 0 Å². The molecule has 7 nitrogen and oxygen atoms in total. The first kappa shape index (κ1) is 22.6. The Bertz CT molecular complexity index is 569. The summed E-state index contributed by atoms with van der Waals surface area (Å²) in [6, 6.07) is 9.36. The quantitative estimate of drug-likeness (QED) is 0.609. The van der Waals surface area contributed by atoms with Crippen LogP contribution < -0.4 is 4.74 Å². The number of aliphatic hydroxyl groups is 1. The lowest BCUT2D eigenvalue weighted by Crippen LogP contribution is -2.51. The van der Waals surface area contributed by atoms with Crippen molar-refractivity contribution in [1.29, 1.82) is 0 Å². The monoisotopic (exact) mass is 394 g/mol. The van der Waals surface area contributed by atoms with Crippen molar-refractivity contribution in [2.24, 2.45) is 5.92 Å². The van der Waals surface area contributed by atoms with Gasteiger partial charge in [-0.05, 0) is 18.1 Å². The van der Waals surface area contributed by atoms with Crippen LogP contribution in [0, 0.1) is 5.92 Å². The number of nitrogens with zero attached hydrogens (tertiary/aromatic N) is 2. The predicted octanol–water partition coefficient (Wildman–Crippen LogP) is 1.26. The molecule has 1 aliphatic rings. The Morgan fingerprint density at radius 3 is 2.79 bits per heavy atom. The summed E-state index contributed by atoms with van der Waals surface area (Å²) in [7, 11) is 1.58. The van der Waals surface area contributed by atoms with E-state index < -0.39 is 6.10 Å². The minimum atomic E-state index is -0.517. The van der Waals surface area contributed by atoms with Gasteiger partial charge in [-0.1, -0.05) is 32.0 Å². The number of β-amino-alcohol motifs (C(OH)–C–C–N with tert-alkyl or cyclic N) is 1. The molecular formula is C21H34N2O5. The molecule has 1 heterocycles. The van der Waals surface area contributed by atoms with E-state index >= 15 is 0 Å². The maximum atomic E-state index is 12.7. The van der Waals surface area contributed by atoms with Gasteiger partial charge < -0.3 is 24.2 Å². The number of hydrogen-bond acceptors (Lipinski definition) is 6. The summed E-state index contributed by atoms with van der Waals surface area (Å²) in [6.45, 7) is 8.28. The van der Waals surface area contributed by atoms with Crippen LogP contribution in [-0.2, 0) is 14.3 Å². The van der Waals surface area contributed by atoms with Crippen molar-refractivity contribution in [3.8, 4) is 5.75 Å². The third-order valence-electron chi connectivity index (χ3n) is 4.52. The molecule has 1 amide bonds. The number of para-hydroxylation sites is 1. The number of aliphatic hydroxyl groups excluding tert-OH is 1. The summed E-state index contributed by atoms with van der Waals surface area (Å²) in [4.78, 5) is 16.7. The Kier molecular flexibility index (Phi) is 9.70. The van der Waals surface area contributed by atoms with Crippen LogP contribution in [0.1, 0.15) is 13.8 Å². The Labute approximate surface area is 168 Å². The van der Waals surface area contributed by atoms with Gasteiger partial charge in [0, 0.05) is 39.8 Å². The maximum Gasteiger partial charge on any atom is 0.260 e. The molecule has 1 aliphatic heterocycles. The topological polar surface area (TPSA) is 71.5 Å². The first-order valence-corrected chi connectivity index (χ1v) is 9.94. The Morgan fingerprint density at radius 2 is 2.11 bits per heavy atom. The van der Waals surface area contributed by atoms with Crippen LogP contribution in [0.2, 0.25) is 0 Å². The largest absolute Gasteiger partial charge is 0.484 e. The van der Waals surface area contributed by atoms with E-state index in [-0.39, 0.29) is 18.6 Å². The highest BCUT2D eigenvalue weighted by atomic mass is 16.5. The average Bonchev–Trinajstić information content (AvgIpc) is 2.66. The molecular weight excluding hydrogens is 360 g/mol. The van der Waals surface area contributed by atoms with Crippen LogP contribution in [0.3, 0.4) is 0 Å². The van der Waals surface area contributed by atoms with Crippen LogP contribution in [0.15, 0.2) is 30.3 Å². The number of rotatable bonds is 11. The molecule has 0 bridgehead atoms. The summed E-state index contributed by atoms with van der Waals surface area (Å²) in [6.07, 6.45) is -0.598. The standard InChI is InChI=1S/C21H34N2O5/c1-17(2)11-23(21(25)16-28-19-7-5-4-6-8-19)14-20-13-22(9-10-27-20)12-18(24)15-26-3/h4-8,17-18,20,24H,9-16H2,1-3H3. The summed E-state index contributed by atoms with van der Waals surface area (Å²) in [5.41, 5.74) is 0. The van der Waals surface area contributed by atoms with Gasteiger partial charge in [-0.25, -0.2) is 0 Å². The van der Waals surface area contributed by atoms with E-state index in [0.717, 1.165) is 6.54 Å². The van der Waals surface area contributed by atoms with Crippen molar-refractivity contribution < 1.29 is 24.1 Å². The van der Waals surface area contributed by atoms with E-state index in [1.807, 2.05) is 35.2 Å². The van der Waals surface area contributed by atoms with E-state index in [1.165, 1.54) is 0 Å². The zero-order chi connectivity index (χ0) is 20.4. The molecule has 1 aromatic carbocycles. The van der Waals surface area contributed by atoms with E-state index in [9.17, 15) is 9.90 Å². The molecule has 1 saturated heterocycles. The molecule has 2 atom stereocenters.